The van der Waals surface area contributed by atoms with E-state index in [0.717, 1.165) is 39.0 Å². The lowest BCUT2D eigenvalue weighted by Crippen LogP contribution is -2.15. The summed E-state index contributed by atoms with van der Waals surface area (Å²) in [5, 5.41) is 4.96. The first kappa shape index (κ1) is 33.9. The molecule has 0 spiro atoms. The van der Waals surface area contributed by atoms with Crippen molar-refractivity contribution in [3.63, 3.8) is 0 Å². The van der Waals surface area contributed by atoms with E-state index in [4.69, 9.17) is 4.42 Å². The van der Waals surface area contributed by atoms with Crippen LogP contribution >= 0.6 is 0 Å². The Morgan fingerprint density at radius 1 is 0.491 bits per heavy atom. The Labute approximate surface area is 335 Å². The van der Waals surface area contributed by atoms with Gasteiger partial charge in [-0.05, 0) is 98.8 Å². The van der Waals surface area contributed by atoms with Crippen molar-refractivity contribution in [3.05, 3.63) is 187 Å². The van der Waals surface area contributed by atoms with Gasteiger partial charge in [-0.15, -0.1) is 0 Å². The van der Waals surface area contributed by atoms with Crippen molar-refractivity contribution in [2.24, 2.45) is 0 Å². The normalized spacial score (nSPS) is 14.9. The first-order valence-electron chi connectivity index (χ1n) is 20.7. The van der Waals surface area contributed by atoms with Gasteiger partial charge in [0.05, 0.1) is 11.4 Å². The average molecular weight is 736 g/mol. The summed E-state index contributed by atoms with van der Waals surface area (Å²) in [6.07, 6.45) is 6.47. The van der Waals surface area contributed by atoms with Crippen LogP contribution in [0.15, 0.2) is 174 Å². The van der Waals surface area contributed by atoms with Crippen molar-refractivity contribution in [3.8, 4) is 33.4 Å². The average Bonchev–Trinajstić information content (AvgIpc) is 3.75. The molecule has 2 aliphatic rings. The lowest BCUT2D eigenvalue weighted by molar-refractivity contribution is 0.445. The number of hydrogen-bond acceptors (Lipinski definition) is 2. The molecule has 1 aromatic heterocycles. The predicted octanol–water partition coefficient (Wildman–Crippen LogP) is 15.9. The zero-order chi connectivity index (χ0) is 38.1. The Bertz CT molecular complexity index is 2990. The van der Waals surface area contributed by atoms with E-state index in [1.54, 1.807) is 0 Å². The second-order valence-electron chi connectivity index (χ2n) is 16.6. The molecule has 2 aliphatic carbocycles. The van der Waals surface area contributed by atoms with Crippen LogP contribution in [0.4, 0.5) is 17.1 Å². The fourth-order valence-corrected chi connectivity index (χ4v) is 10.4. The van der Waals surface area contributed by atoms with E-state index in [-0.39, 0.29) is 5.41 Å². The van der Waals surface area contributed by atoms with E-state index in [1.165, 1.54) is 92.9 Å². The van der Waals surface area contributed by atoms with Gasteiger partial charge in [-0.3, -0.25) is 0 Å². The maximum Gasteiger partial charge on any atom is 0.137 e. The van der Waals surface area contributed by atoms with Gasteiger partial charge in [0.2, 0.25) is 0 Å². The molecule has 0 saturated heterocycles. The van der Waals surface area contributed by atoms with Crippen LogP contribution in [0, 0.1) is 0 Å². The Kier molecular flexibility index (Phi) is 7.96. The number of furan rings is 1. The molecular weight excluding hydrogens is 691 g/mol. The van der Waals surface area contributed by atoms with Gasteiger partial charge in [0, 0.05) is 39.1 Å². The number of rotatable bonds is 6. The van der Waals surface area contributed by atoms with E-state index in [9.17, 15) is 0 Å². The Balaban J connectivity index is 1.18. The molecule has 0 aliphatic heterocycles. The van der Waals surface area contributed by atoms with Gasteiger partial charge in [0.1, 0.15) is 11.2 Å². The second kappa shape index (κ2) is 13.4. The Morgan fingerprint density at radius 2 is 1.09 bits per heavy atom. The molecule has 1 fully saturated rings. The first-order valence-corrected chi connectivity index (χ1v) is 20.7. The number of para-hydroxylation sites is 3. The van der Waals surface area contributed by atoms with Crippen LogP contribution in [0.3, 0.4) is 0 Å². The first-order chi connectivity index (χ1) is 28.1. The molecule has 9 aromatic rings. The molecule has 276 valence electrons. The van der Waals surface area contributed by atoms with E-state index in [2.05, 4.69) is 183 Å². The van der Waals surface area contributed by atoms with E-state index >= 15 is 0 Å². The summed E-state index contributed by atoms with van der Waals surface area (Å²) >= 11 is 0. The number of anilines is 3. The molecule has 0 amide bonds. The van der Waals surface area contributed by atoms with Gasteiger partial charge in [0.15, 0.2) is 0 Å². The van der Waals surface area contributed by atoms with Crippen LogP contribution in [-0.4, -0.2) is 0 Å². The van der Waals surface area contributed by atoms with Gasteiger partial charge in [-0.25, -0.2) is 0 Å². The molecular formula is C55H45NO. The third-order valence-electron chi connectivity index (χ3n) is 13.1. The van der Waals surface area contributed by atoms with Gasteiger partial charge in [-0.1, -0.05) is 167 Å². The molecule has 11 rings (SSSR count). The zero-order valence-corrected chi connectivity index (χ0v) is 32.6. The standard InChI is InChI=1S/C55H45NO/c1-55(2)47-28-10-6-24-46(47)54-45(27-16-29-48(54)55)41-22-8-12-31-50(41)56(38-33-34-43-42-23-9-13-32-51(42)57-52(43)35-38)49-30-11-7-21-40(49)44-26-15-20-37-19-14-25-39(53(37)44)36-17-4-3-5-18-36/h6-16,19-36H,3-5,17-18H2,1-2H3. The molecule has 0 N–H and O–H groups in total. The number of hydrogen-bond donors (Lipinski definition) is 0. The van der Waals surface area contributed by atoms with Crippen molar-refractivity contribution < 1.29 is 4.42 Å². The van der Waals surface area contributed by atoms with Crippen LogP contribution < -0.4 is 4.90 Å². The third-order valence-corrected chi connectivity index (χ3v) is 13.1. The minimum Gasteiger partial charge on any atom is -0.456 e. The maximum absolute atomic E-state index is 6.58. The van der Waals surface area contributed by atoms with Gasteiger partial charge >= 0.3 is 0 Å². The highest BCUT2D eigenvalue weighted by Crippen LogP contribution is 2.54. The van der Waals surface area contributed by atoms with Crippen molar-refractivity contribution in [2.45, 2.75) is 57.3 Å². The minimum absolute atomic E-state index is 0.0973. The van der Waals surface area contributed by atoms with Crippen molar-refractivity contribution >= 4 is 49.8 Å². The quantitative estimate of drug-likeness (QED) is 0.169. The van der Waals surface area contributed by atoms with E-state index in [1.807, 2.05) is 6.07 Å². The van der Waals surface area contributed by atoms with Gasteiger partial charge in [-0.2, -0.15) is 0 Å². The molecule has 2 nitrogen and oxygen atoms in total. The highest BCUT2D eigenvalue weighted by atomic mass is 16.3. The fourth-order valence-electron chi connectivity index (χ4n) is 10.4. The van der Waals surface area contributed by atoms with Crippen molar-refractivity contribution in [1.29, 1.82) is 0 Å². The van der Waals surface area contributed by atoms with Crippen molar-refractivity contribution in [2.75, 3.05) is 4.90 Å². The third kappa shape index (κ3) is 5.38. The molecule has 0 unspecified atom stereocenters. The number of nitrogens with zero attached hydrogens (tertiary/aromatic N) is 1. The van der Waals surface area contributed by atoms with E-state index in [0.29, 0.717) is 5.92 Å². The number of fused-ring (bicyclic) bond motifs is 7. The molecule has 0 radical (unpaired) electrons. The topological polar surface area (TPSA) is 16.4 Å². The molecule has 1 heterocycles. The van der Waals surface area contributed by atoms with Crippen LogP contribution in [-0.2, 0) is 5.41 Å². The fraction of sp³-hybridized carbons (Fsp3) is 0.164. The van der Waals surface area contributed by atoms with Crippen LogP contribution in [0.1, 0.15) is 68.6 Å². The zero-order valence-electron chi connectivity index (χ0n) is 32.6. The molecule has 57 heavy (non-hydrogen) atoms. The van der Waals surface area contributed by atoms with Crippen LogP contribution in [0.25, 0.3) is 66.1 Å². The Hall–Kier alpha value is -6.38. The predicted molar refractivity (Wildman–Crippen MR) is 240 cm³/mol. The summed E-state index contributed by atoms with van der Waals surface area (Å²) in [5.74, 6) is 0.579. The lowest BCUT2D eigenvalue weighted by atomic mass is 9.80. The highest BCUT2D eigenvalue weighted by Gasteiger charge is 2.37. The monoisotopic (exact) mass is 735 g/mol. The molecule has 0 atom stereocenters. The molecule has 8 aromatic carbocycles. The minimum atomic E-state index is -0.0973. The summed E-state index contributed by atoms with van der Waals surface area (Å²) in [7, 11) is 0. The summed E-state index contributed by atoms with van der Waals surface area (Å²) in [6, 6.07) is 62.9. The second-order valence-corrected chi connectivity index (χ2v) is 16.6. The maximum atomic E-state index is 6.58. The van der Waals surface area contributed by atoms with Crippen LogP contribution in [0.2, 0.25) is 0 Å². The van der Waals surface area contributed by atoms with Gasteiger partial charge < -0.3 is 9.32 Å². The summed E-state index contributed by atoms with van der Waals surface area (Å²) in [5.41, 5.74) is 16.9. The SMILES string of the molecule is CC1(C)c2ccccc2-c2c(-c3ccccc3N(c3ccc4c(c3)oc3ccccc34)c3ccccc3-c3cccc4cccc(C5CCCCC5)c34)cccc21. The smallest absolute Gasteiger partial charge is 0.137 e. The molecule has 2 heteroatoms. The summed E-state index contributed by atoms with van der Waals surface area (Å²) in [4.78, 5) is 2.49. The molecule has 0 bridgehead atoms. The van der Waals surface area contributed by atoms with Crippen LogP contribution in [0.5, 0.6) is 0 Å². The van der Waals surface area contributed by atoms with Gasteiger partial charge in [0.25, 0.3) is 0 Å². The molecule has 1 saturated carbocycles. The summed E-state index contributed by atoms with van der Waals surface area (Å²) in [6.45, 7) is 4.73. The Morgan fingerprint density at radius 3 is 1.89 bits per heavy atom. The number of benzene rings is 8. The highest BCUT2D eigenvalue weighted by molar-refractivity contribution is 6.08. The lowest BCUT2D eigenvalue weighted by Gasteiger charge is -2.31. The largest absolute Gasteiger partial charge is 0.456 e. The van der Waals surface area contributed by atoms with E-state index < -0.39 is 0 Å². The summed E-state index contributed by atoms with van der Waals surface area (Å²) < 4.78 is 6.58. The van der Waals surface area contributed by atoms with Crippen molar-refractivity contribution in [1.82, 2.24) is 0 Å².